The molecule has 0 amide bonds. The largest absolute Gasteiger partial charge is 0.300 e. The summed E-state index contributed by atoms with van der Waals surface area (Å²) < 4.78 is 0. The van der Waals surface area contributed by atoms with Crippen LogP contribution in [0.1, 0.15) is 159 Å². The van der Waals surface area contributed by atoms with Gasteiger partial charge in [0, 0.05) is 23.8 Å². The number of aryl methyl sites for hydroxylation is 1. The molecule has 236 valence electrons. The summed E-state index contributed by atoms with van der Waals surface area (Å²) in [4.78, 5) is 47.4. The molecule has 0 aromatic heterocycles. The molecule has 4 nitrogen and oxygen atoms in total. The SMILES string of the molecule is CC(=O)C1CCCCC1.CCC1CCCC1.CCCC(CC1CC(=O)c2c(C)cccc2C1)C(CC)C(=O)CC(C)=O. The Balaban J connectivity index is 0.000000310. The topological polar surface area (TPSA) is 68.3 Å². The molecule has 2 saturated carbocycles. The van der Waals surface area contributed by atoms with E-state index in [9.17, 15) is 19.2 Å². The van der Waals surface area contributed by atoms with Crippen molar-refractivity contribution in [3.63, 3.8) is 0 Å². The third-order valence-electron chi connectivity index (χ3n) is 9.99. The molecule has 4 heteroatoms. The molecule has 42 heavy (non-hydrogen) atoms. The van der Waals surface area contributed by atoms with E-state index in [4.69, 9.17) is 0 Å². The quantitative estimate of drug-likeness (QED) is 0.244. The highest BCUT2D eigenvalue weighted by Crippen LogP contribution is 2.36. The predicted octanol–water partition coefficient (Wildman–Crippen LogP) is 9.86. The first-order chi connectivity index (χ1) is 20.1. The van der Waals surface area contributed by atoms with Crippen LogP contribution in [0.3, 0.4) is 0 Å². The van der Waals surface area contributed by atoms with Crippen molar-refractivity contribution in [1.29, 1.82) is 0 Å². The van der Waals surface area contributed by atoms with Crippen molar-refractivity contribution in [2.45, 2.75) is 151 Å². The van der Waals surface area contributed by atoms with Gasteiger partial charge in [0.25, 0.3) is 0 Å². The molecule has 0 spiro atoms. The zero-order valence-electron chi connectivity index (χ0n) is 27.8. The van der Waals surface area contributed by atoms with Crippen LogP contribution in [0.4, 0.5) is 0 Å². The number of hydrogen-bond acceptors (Lipinski definition) is 4. The summed E-state index contributed by atoms with van der Waals surface area (Å²) in [7, 11) is 0. The van der Waals surface area contributed by atoms with Crippen molar-refractivity contribution in [2.24, 2.45) is 29.6 Å². The second-order valence-electron chi connectivity index (χ2n) is 13.5. The Morgan fingerprint density at radius 3 is 2.00 bits per heavy atom. The van der Waals surface area contributed by atoms with Crippen LogP contribution in [0.25, 0.3) is 0 Å². The standard InChI is InChI=1S/C23H32O3.C8H14O.C7H14/c1-5-8-18(20(6-2)21(25)11-16(4)24)12-17-13-19-10-7-9-15(3)23(19)22(26)14-17;1-7(9)8-5-3-2-4-6-8;1-2-7-5-3-4-6-7/h7,9-10,17-18,20H,5-6,8,11-14H2,1-4H3;8H,2-6H2,1H3;7H,2-6H2,1H3. The van der Waals surface area contributed by atoms with Gasteiger partial charge in [0.15, 0.2) is 5.78 Å². The number of benzene rings is 1. The maximum atomic E-state index is 12.7. The predicted molar refractivity (Wildman–Crippen MR) is 174 cm³/mol. The zero-order chi connectivity index (χ0) is 31.1. The fraction of sp³-hybridized carbons (Fsp3) is 0.737. The van der Waals surface area contributed by atoms with Gasteiger partial charge < -0.3 is 0 Å². The Labute approximate surface area is 257 Å². The van der Waals surface area contributed by atoms with E-state index in [1.807, 2.05) is 26.0 Å². The molecule has 0 bridgehead atoms. The van der Waals surface area contributed by atoms with Crippen molar-refractivity contribution in [3.8, 4) is 0 Å². The van der Waals surface area contributed by atoms with Gasteiger partial charge in [0.05, 0.1) is 6.42 Å². The van der Waals surface area contributed by atoms with Crippen LogP contribution in [0.2, 0.25) is 0 Å². The van der Waals surface area contributed by atoms with E-state index in [-0.39, 0.29) is 35.6 Å². The molecule has 3 atom stereocenters. The molecule has 0 heterocycles. The lowest BCUT2D eigenvalue weighted by Gasteiger charge is -2.31. The molecule has 3 unspecified atom stereocenters. The molecule has 3 aliphatic carbocycles. The summed E-state index contributed by atoms with van der Waals surface area (Å²) in [5, 5.41) is 0. The fourth-order valence-electron chi connectivity index (χ4n) is 7.62. The van der Waals surface area contributed by atoms with Gasteiger partial charge in [-0.2, -0.15) is 0 Å². The average Bonchev–Trinajstić information content (AvgIpc) is 3.48. The lowest BCUT2D eigenvalue weighted by molar-refractivity contribution is -0.130. The summed E-state index contributed by atoms with van der Waals surface area (Å²) in [6, 6.07) is 6.10. The summed E-state index contributed by atoms with van der Waals surface area (Å²) in [6.07, 6.45) is 18.8. The highest BCUT2D eigenvalue weighted by molar-refractivity contribution is 6.00. The average molecular weight is 581 g/mol. The monoisotopic (exact) mass is 580 g/mol. The molecule has 0 saturated heterocycles. The third-order valence-corrected chi connectivity index (χ3v) is 9.99. The minimum absolute atomic E-state index is 0.0460. The molecular weight excluding hydrogens is 520 g/mol. The van der Waals surface area contributed by atoms with Gasteiger partial charge in [-0.15, -0.1) is 0 Å². The molecule has 0 aliphatic heterocycles. The molecule has 1 aromatic carbocycles. The molecule has 4 rings (SSSR count). The van der Waals surface area contributed by atoms with E-state index >= 15 is 0 Å². The summed E-state index contributed by atoms with van der Waals surface area (Å²) in [5.41, 5.74) is 3.14. The number of rotatable bonds is 11. The highest BCUT2D eigenvalue weighted by atomic mass is 16.1. The Bertz CT molecular complexity index is 996. The second kappa shape index (κ2) is 19.2. The first kappa shape index (κ1) is 36.1. The minimum Gasteiger partial charge on any atom is -0.300 e. The lowest BCUT2D eigenvalue weighted by atomic mass is 9.72. The van der Waals surface area contributed by atoms with Gasteiger partial charge in [-0.05, 0) is 81.8 Å². The highest BCUT2D eigenvalue weighted by Gasteiger charge is 2.32. The van der Waals surface area contributed by atoms with Crippen LogP contribution in [0.15, 0.2) is 18.2 Å². The van der Waals surface area contributed by atoms with Crippen LogP contribution >= 0.6 is 0 Å². The molecular formula is C38H60O4. The first-order valence-corrected chi connectivity index (χ1v) is 17.2. The van der Waals surface area contributed by atoms with Gasteiger partial charge in [0.2, 0.25) is 0 Å². The van der Waals surface area contributed by atoms with Crippen LogP contribution < -0.4 is 0 Å². The van der Waals surface area contributed by atoms with Gasteiger partial charge in [0.1, 0.15) is 17.3 Å². The van der Waals surface area contributed by atoms with E-state index in [2.05, 4.69) is 19.9 Å². The van der Waals surface area contributed by atoms with Crippen LogP contribution in [-0.2, 0) is 20.8 Å². The van der Waals surface area contributed by atoms with Crippen molar-refractivity contribution < 1.29 is 19.2 Å². The van der Waals surface area contributed by atoms with Crippen LogP contribution in [0.5, 0.6) is 0 Å². The zero-order valence-corrected chi connectivity index (χ0v) is 27.8. The van der Waals surface area contributed by atoms with Gasteiger partial charge >= 0.3 is 0 Å². The van der Waals surface area contributed by atoms with Crippen LogP contribution in [-0.4, -0.2) is 23.1 Å². The maximum absolute atomic E-state index is 12.7. The van der Waals surface area contributed by atoms with Gasteiger partial charge in [-0.1, -0.05) is 103 Å². The van der Waals surface area contributed by atoms with Crippen molar-refractivity contribution in [2.75, 3.05) is 0 Å². The van der Waals surface area contributed by atoms with E-state index < -0.39 is 0 Å². The minimum atomic E-state index is -0.0622. The van der Waals surface area contributed by atoms with E-state index in [1.54, 1.807) is 6.92 Å². The van der Waals surface area contributed by atoms with Crippen molar-refractivity contribution >= 4 is 23.1 Å². The number of ketones is 4. The number of carbonyl (C=O) groups excluding carboxylic acids is 4. The summed E-state index contributed by atoms with van der Waals surface area (Å²) in [6.45, 7) is 11.7. The van der Waals surface area contributed by atoms with E-state index in [1.165, 1.54) is 58.3 Å². The van der Waals surface area contributed by atoms with Crippen LogP contribution in [0, 0.1) is 36.5 Å². The van der Waals surface area contributed by atoms with E-state index in [0.29, 0.717) is 24.0 Å². The molecule has 2 fully saturated rings. The smallest absolute Gasteiger partial charge is 0.163 e. The Kier molecular flexibility index (Phi) is 16.5. The van der Waals surface area contributed by atoms with Crippen molar-refractivity contribution in [1.82, 2.24) is 0 Å². The van der Waals surface area contributed by atoms with Gasteiger partial charge in [-0.3, -0.25) is 19.2 Å². The van der Waals surface area contributed by atoms with E-state index in [0.717, 1.165) is 67.6 Å². The first-order valence-electron chi connectivity index (χ1n) is 17.2. The third kappa shape index (κ3) is 11.9. The normalized spacial score (nSPS) is 20.3. The Hall–Kier alpha value is -2.10. The molecule has 3 aliphatic rings. The maximum Gasteiger partial charge on any atom is 0.163 e. The number of hydrogen-bond donors (Lipinski definition) is 0. The number of fused-ring (bicyclic) bond motifs is 1. The fourth-order valence-corrected chi connectivity index (χ4v) is 7.62. The number of Topliss-reactive ketones (excluding diaryl/α,β-unsaturated/α-hetero) is 4. The number of carbonyl (C=O) groups is 4. The molecule has 0 N–H and O–H groups in total. The Morgan fingerprint density at radius 2 is 1.50 bits per heavy atom. The van der Waals surface area contributed by atoms with Gasteiger partial charge in [-0.25, -0.2) is 0 Å². The van der Waals surface area contributed by atoms with Crippen molar-refractivity contribution in [3.05, 3.63) is 34.9 Å². The summed E-state index contributed by atoms with van der Waals surface area (Å²) in [5.74, 6) is 2.68. The molecule has 1 aromatic rings. The second-order valence-corrected chi connectivity index (χ2v) is 13.5. The summed E-state index contributed by atoms with van der Waals surface area (Å²) >= 11 is 0. The molecule has 0 radical (unpaired) electrons. The lowest BCUT2D eigenvalue weighted by Crippen LogP contribution is -2.29. The Morgan fingerprint density at radius 1 is 0.857 bits per heavy atom.